The van der Waals surface area contributed by atoms with Crippen molar-refractivity contribution in [1.82, 2.24) is 14.7 Å². The van der Waals surface area contributed by atoms with E-state index in [2.05, 4.69) is 5.10 Å². The van der Waals surface area contributed by atoms with E-state index in [1.165, 1.54) is 0 Å². The van der Waals surface area contributed by atoms with Crippen LogP contribution >= 0.6 is 0 Å². The van der Waals surface area contributed by atoms with Crippen molar-refractivity contribution in [3.63, 3.8) is 0 Å². The van der Waals surface area contributed by atoms with Crippen LogP contribution in [0.3, 0.4) is 0 Å². The Labute approximate surface area is 156 Å². The fraction of sp³-hybridized carbons (Fsp3) is 0.421. The van der Waals surface area contributed by atoms with Crippen LogP contribution in [0.1, 0.15) is 34.6 Å². The lowest BCUT2D eigenvalue weighted by molar-refractivity contribution is -0.141. The number of hydrogen-bond donors (Lipinski definition) is 1. The Kier molecular flexibility index (Phi) is 4.25. The minimum Gasteiger partial charge on any atom is -0.481 e. The number of amides is 1. The molecule has 0 bridgehead atoms. The van der Waals surface area contributed by atoms with Gasteiger partial charge in [-0.2, -0.15) is 5.10 Å². The van der Waals surface area contributed by atoms with Gasteiger partial charge in [0, 0.05) is 26.1 Å². The fourth-order valence-electron chi connectivity index (χ4n) is 3.76. The highest BCUT2D eigenvalue weighted by Crippen LogP contribution is 2.39. The third-order valence-corrected chi connectivity index (χ3v) is 5.26. The molecule has 1 saturated heterocycles. The van der Waals surface area contributed by atoms with E-state index in [9.17, 15) is 14.7 Å². The van der Waals surface area contributed by atoms with E-state index in [0.29, 0.717) is 23.7 Å². The van der Waals surface area contributed by atoms with Crippen molar-refractivity contribution in [2.75, 3.05) is 19.9 Å². The van der Waals surface area contributed by atoms with Gasteiger partial charge in [0.2, 0.25) is 6.79 Å². The Morgan fingerprint density at radius 3 is 2.70 bits per heavy atom. The van der Waals surface area contributed by atoms with E-state index in [-0.39, 0.29) is 25.2 Å². The minimum atomic E-state index is -0.910. The van der Waals surface area contributed by atoms with E-state index in [0.717, 1.165) is 17.7 Å². The normalized spacial score (nSPS) is 20.9. The average Bonchev–Trinajstić information content (AvgIpc) is 3.37. The van der Waals surface area contributed by atoms with E-state index >= 15 is 0 Å². The van der Waals surface area contributed by atoms with E-state index in [1.54, 1.807) is 28.8 Å². The van der Waals surface area contributed by atoms with Crippen LogP contribution in [-0.4, -0.2) is 51.5 Å². The summed E-state index contributed by atoms with van der Waals surface area (Å²) in [7, 11) is 1.73. The zero-order chi connectivity index (χ0) is 19.1. The molecule has 0 saturated carbocycles. The van der Waals surface area contributed by atoms with Crippen molar-refractivity contribution in [2.24, 2.45) is 13.0 Å². The molecule has 4 rings (SSSR count). The lowest BCUT2D eigenvalue weighted by atomic mass is 9.89. The zero-order valence-electron chi connectivity index (χ0n) is 15.2. The Morgan fingerprint density at radius 2 is 2.00 bits per heavy atom. The van der Waals surface area contributed by atoms with Crippen LogP contribution in [-0.2, 0) is 18.3 Å². The summed E-state index contributed by atoms with van der Waals surface area (Å²) < 4.78 is 12.3. The Hall–Kier alpha value is -3.03. The smallest absolute Gasteiger partial charge is 0.308 e. The lowest BCUT2D eigenvalue weighted by Gasteiger charge is -2.16. The van der Waals surface area contributed by atoms with Gasteiger partial charge in [-0.1, -0.05) is 13.0 Å². The number of carbonyl (C=O) groups is 2. The van der Waals surface area contributed by atoms with Crippen molar-refractivity contribution in [1.29, 1.82) is 0 Å². The predicted octanol–water partition coefficient (Wildman–Crippen LogP) is 1.65. The number of carbonyl (C=O) groups excluding carboxylic acids is 1. The van der Waals surface area contributed by atoms with Crippen LogP contribution in [0.25, 0.3) is 0 Å². The Bertz CT molecular complexity index is 907. The second-order valence-corrected chi connectivity index (χ2v) is 6.87. The first-order valence-corrected chi connectivity index (χ1v) is 8.92. The molecule has 8 nitrogen and oxygen atoms in total. The second-order valence-electron chi connectivity index (χ2n) is 6.87. The number of carboxylic acids is 1. The summed E-state index contributed by atoms with van der Waals surface area (Å²) in [6, 6.07) is 7.22. The summed E-state index contributed by atoms with van der Waals surface area (Å²) >= 11 is 0. The molecule has 1 amide bonds. The zero-order valence-corrected chi connectivity index (χ0v) is 15.2. The van der Waals surface area contributed by atoms with Crippen molar-refractivity contribution in [2.45, 2.75) is 19.3 Å². The molecule has 0 radical (unpaired) electrons. The predicted molar refractivity (Wildman–Crippen MR) is 94.9 cm³/mol. The molecule has 2 aromatic rings. The molecule has 8 heteroatoms. The number of ether oxygens (including phenoxy) is 2. The van der Waals surface area contributed by atoms with E-state index in [1.807, 2.05) is 19.1 Å². The first kappa shape index (κ1) is 17.4. The highest BCUT2D eigenvalue weighted by atomic mass is 16.7. The number of aliphatic carboxylic acids is 1. The van der Waals surface area contributed by atoms with Gasteiger partial charge in [0.1, 0.15) is 5.69 Å². The molecule has 1 aromatic heterocycles. The third kappa shape index (κ3) is 3.01. The quantitative estimate of drug-likeness (QED) is 0.878. The summed E-state index contributed by atoms with van der Waals surface area (Å²) in [6.45, 7) is 2.64. The van der Waals surface area contributed by atoms with Gasteiger partial charge in [0.05, 0.1) is 11.6 Å². The van der Waals surface area contributed by atoms with Crippen LogP contribution in [0.15, 0.2) is 24.3 Å². The number of fused-ring (bicyclic) bond motifs is 1. The number of hydrogen-bond acceptors (Lipinski definition) is 5. The maximum absolute atomic E-state index is 13.0. The van der Waals surface area contributed by atoms with Gasteiger partial charge >= 0.3 is 5.97 Å². The van der Waals surface area contributed by atoms with Gasteiger partial charge in [-0.05, 0) is 30.2 Å². The van der Waals surface area contributed by atoms with E-state index < -0.39 is 11.9 Å². The number of rotatable bonds is 4. The first-order valence-electron chi connectivity index (χ1n) is 8.92. The SMILES string of the molecule is CCc1cc(C(=O)N2CC(C(=O)O)C(c3ccc4c(c3)OCO4)C2)n(C)n1. The highest BCUT2D eigenvalue weighted by molar-refractivity contribution is 5.93. The first-order chi connectivity index (χ1) is 13.0. The van der Waals surface area contributed by atoms with Crippen molar-refractivity contribution >= 4 is 11.9 Å². The van der Waals surface area contributed by atoms with Gasteiger partial charge in [-0.25, -0.2) is 0 Å². The van der Waals surface area contributed by atoms with Crippen molar-refractivity contribution in [3.8, 4) is 11.5 Å². The Morgan fingerprint density at radius 1 is 1.22 bits per heavy atom. The van der Waals surface area contributed by atoms with Crippen LogP contribution in [0.5, 0.6) is 11.5 Å². The number of nitrogens with zero attached hydrogens (tertiary/aromatic N) is 3. The number of carboxylic acid groups (broad SMARTS) is 1. The summed E-state index contributed by atoms with van der Waals surface area (Å²) in [6.07, 6.45) is 0.735. The third-order valence-electron chi connectivity index (χ3n) is 5.26. The second kappa shape index (κ2) is 6.61. The highest BCUT2D eigenvalue weighted by Gasteiger charge is 2.41. The molecule has 2 aliphatic rings. The average molecular weight is 371 g/mol. The molecule has 1 N–H and O–H groups in total. The summed E-state index contributed by atoms with van der Waals surface area (Å²) in [4.78, 5) is 26.4. The Balaban J connectivity index is 1.61. The molecule has 2 aliphatic heterocycles. The molecule has 142 valence electrons. The molecule has 2 unspecified atom stereocenters. The van der Waals surface area contributed by atoms with Crippen LogP contribution in [0.4, 0.5) is 0 Å². The molecule has 0 aliphatic carbocycles. The number of aryl methyl sites for hydroxylation is 2. The van der Waals surface area contributed by atoms with Crippen molar-refractivity contribution < 1.29 is 24.2 Å². The monoisotopic (exact) mass is 371 g/mol. The maximum Gasteiger partial charge on any atom is 0.308 e. The molecule has 0 spiro atoms. The molecular formula is C19H21N3O5. The largest absolute Gasteiger partial charge is 0.481 e. The standard InChI is InChI=1S/C19H21N3O5/c1-3-12-7-15(21(2)20-12)18(23)22-8-13(14(9-22)19(24)25)11-4-5-16-17(6-11)27-10-26-16/h4-7,13-14H,3,8-10H2,1-2H3,(H,24,25). The molecular weight excluding hydrogens is 350 g/mol. The summed E-state index contributed by atoms with van der Waals surface area (Å²) in [5, 5.41) is 14.0. The minimum absolute atomic E-state index is 0.163. The van der Waals surface area contributed by atoms with E-state index in [4.69, 9.17) is 9.47 Å². The van der Waals surface area contributed by atoms with Crippen LogP contribution < -0.4 is 9.47 Å². The fourth-order valence-corrected chi connectivity index (χ4v) is 3.76. The molecule has 1 aromatic carbocycles. The van der Waals surface area contributed by atoms with Gasteiger partial charge in [-0.15, -0.1) is 0 Å². The topological polar surface area (TPSA) is 93.9 Å². The van der Waals surface area contributed by atoms with Gasteiger partial charge in [0.25, 0.3) is 5.91 Å². The van der Waals surface area contributed by atoms with Gasteiger partial charge in [-0.3, -0.25) is 14.3 Å². The molecule has 3 heterocycles. The number of benzene rings is 1. The van der Waals surface area contributed by atoms with Crippen LogP contribution in [0, 0.1) is 5.92 Å². The molecule has 1 fully saturated rings. The molecule has 2 atom stereocenters. The van der Waals surface area contributed by atoms with Gasteiger partial charge in [0.15, 0.2) is 11.5 Å². The molecule has 27 heavy (non-hydrogen) atoms. The van der Waals surface area contributed by atoms with Gasteiger partial charge < -0.3 is 19.5 Å². The lowest BCUT2D eigenvalue weighted by Crippen LogP contribution is -2.31. The number of aromatic nitrogens is 2. The van der Waals surface area contributed by atoms with Crippen molar-refractivity contribution in [3.05, 3.63) is 41.2 Å². The summed E-state index contributed by atoms with van der Waals surface area (Å²) in [5.74, 6) is -0.821. The van der Waals surface area contributed by atoms with Crippen LogP contribution in [0.2, 0.25) is 0 Å². The number of likely N-dealkylation sites (tertiary alicyclic amines) is 1. The maximum atomic E-state index is 13.0. The summed E-state index contributed by atoms with van der Waals surface area (Å²) in [5.41, 5.74) is 2.14.